The number of carboxylic acids is 1. The van der Waals surface area contributed by atoms with Crippen molar-refractivity contribution in [2.24, 2.45) is 0 Å². The van der Waals surface area contributed by atoms with E-state index in [-0.39, 0.29) is 5.56 Å². The first-order valence-electron chi connectivity index (χ1n) is 7.07. The summed E-state index contributed by atoms with van der Waals surface area (Å²) in [5.74, 6) is -1.43. The van der Waals surface area contributed by atoms with Crippen LogP contribution in [0, 0.1) is 0 Å². The van der Waals surface area contributed by atoms with Crippen LogP contribution in [-0.4, -0.2) is 32.5 Å². The summed E-state index contributed by atoms with van der Waals surface area (Å²) >= 11 is 0.862. The number of benzene rings is 1. The fourth-order valence-corrected chi connectivity index (χ4v) is 2.93. The molecule has 1 atom stereocenters. The van der Waals surface area contributed by atoms with E-state index in [1.807, 2.05) is 6.92 Å². The highest BCUT2D eigenvalue weighted by Gasteiger charge is 2.40. The lowest BCUT2D eigenvalue weighted by atomic mass is 10.2. The predicted molar refractivity (Wildman–Crippen MR) is 93.7 cm³/mol. The first-order valence-corrected chi connectivity index (χ1v) is 7.95. The van der Waals surface area contributed by atoms with Crippen LogP contribution in [0.2, 0.25) is 0 Å². The Morgan fingerprint density at radius 1 is 1.33 bits per heavy atom. The van der Waals surface area contributed by atoms with E-state index in [1.165, 1.54) is 18.2 Å². The molecular formula is C17H16N2O4S. The number of amides is 2. The first kappa shape index (κ1) is 17.6. The molecule has 0 spiro atoms. The molecule has 0 unspecified atom stereocenters. The maximum atomic E-state index is 12.5. The highest BCUT2D eigenvalue weighted by molar-refractivity contribution is 8.15. The molecule has 1 saturated heterocycles. The van der Waals surface area contributed by atoms with Gasteiger partial charge in [0.25, 0.3) is 11.1 Å². The number of rotatable bonds is 6. The molecule has 1 aliphatic heterocycles. The van der Waals surface area contributed by atoms with Gasteiger partial charge in [0, 0.05) is 5.69 Å². The van der Waals surface area contributed by atoms with E-state index in [4.69, 9.17) is 5.11 Å². The molecule has 6 nitrogen and oxygen atoms in total. The average Bonchev–Trinajstić information content (AvgIpc) is 2.83. The number of thioether (sulfide) groups is 1. The number of aromatic carboxylic acids is 1. The van der Waals surface area contributed by atoms with E-state index in [0.29, 0.717) is 11.4 Å². The van der Waals surface area contributed by atoms with E-state index in [1.54, 1.807) is 30.4 Å². The lowest BCUT2D eigenvalue weighted by Gasteiger charge is -2.15. The number of hydrogen-bond donors (Lipinski definition) is 2. The van der Waals surface area contributed by atoms with E-state index < -0.39 is 22.5 Å². The second-order valence-corrected chi connectivity index (χ2v) is 5.84. The molecule has 1 heterocycles. The van der Waals surface area contributed by atoms with Crippen molar-refractivity contribution in [1.82, 2.24) is 4.90 Å². The average molecular weight is 344 g/mol. The summed E-state index contributed by atoms with van der Waals surface area (Å²) < 4.78 is 0. The quantitative estimate of drug-likeness (QED) is 0.769. The summed E-state index contributed by atoms with van der Waals surface area (Å²) in [5.41, 5.74) is 1.10. The van der Waals surface area contributed by atoms with Gasteiger partial charge >= 0.3 is 5.97 Å². The number of carbonyl (C=O) groups is 3. The van der Waals surface area contributed by atoms with Gasteiger partial charge in [-0.3, -0.25) is 9.59 Å². The number of imide groups is 1. The fourth-order valence-electron chi connectivity index (χ4n) is 2.02. The third-order valence-corrected chi connectivity index (χ3v) is 4.14. The van der Waals surface area contributed by atoms with Crippen molar-refractivity contribution >= 4 is 34.6 Å². The second-order valence-electron chi connectivity index (χ2n) is 4.79. The van der Waals surface area contributed by atoms with Gasteiger partial charge in [-0.15, -0.1) is 0 Å². The molecule has 1 aromatic carbocycles. The molecule has 124 valence electrons. The number of nitrogens with zero attached hydrogens (tertiary/aromatic N) is 1. The predicted octanol–water partition coefficient (Wildman–Crippen LogP) is 3.46. The van der Waals surface area contributed by atoms with Crippen LogP contribution in [0.25, 0.3) is 0 Å². The molecule has 1 fully saturated rings. The van der Waals surface area contributed by atoms with Crippen molar-refractivity contribution < 1.29 is 19.5 Å². The Labute approximate surface area is 143 Å². The van der Waals surface area contributed by atoms with Crippen LogP contribution in [-0.2, 0) is 4.79 Å². The van der Waals surface area contributed by atoms with Crippen molar-refractivity contribution in [3.05, 3.63) is 66.4 Å². The Morgan fingerprint density at radius 3 is 2.54 bits per heavy atom. The summed E-state index contributed by atoms with van der Waals surface area (Å²) in [6.07, 6.45) is 6.57. The summed E-state index contributed by atoms with van der Waals surface area (Å²) in [6, 6.07) is 5.95. The molecule has 0 aromatic heterocycles. The van der Waals surface area contributed by atoms with Gasteiger partial charge in [-0.05, 0) is 55.1 Å². The molecule has 1 aromatic rings. The van der Waals surface area contributed by atoms with Gasteiger partial charge in [0.05, 0.1) is 11.3 Å². The van der Waals surface area contributed by atoms with Gasteiger partial charge in [0.2, 0.25) is 0 Å². The van der Waals surface area contributed by atoms with Gasteiger partial charge in [-0.1, -0.05) is 18.7 Å². The molecule has 2 rings (SSSR count). The topological polar surface area (TPSA) is 86.7 Å². The van der Waals surface area contributed by atoms with Crippen LogP contribution in [0.3, 0.4) is 0 Å². The molecule has 2 N–H and O–H groups in total. The normalized spacial score (nSPS) is 18.3. The van der Waals surface area contributed by atoms with Crippen molar-refractivity contribution in [1.29, 1.82) is 0 Å². The second kappa shape index (κ2) is 7.65. The minimum atomic E-state index is -1.03. The third-order valence-electron chi connectivity index (χ3n) is 3.20. The molecule has 0 radical (unpaired) electrons. The smallest absolute Gasteiger partial charge is 0.335 e. The standard InChI is InChI=1S/C17H16N2O4S/c1-3-5-6-13(4-2)19-15(20)14(24-17(19)23)18-12-9-7-11(8-10-12)16(21)22/h3-10,14,18H,2H2,1H3,(H,21,22)/b5-3-,13-6+/t14-/m0/s1. The summed E-state index contributed by atoms with van der Waals surface area (Å²) in [6.45, 7) is 5.45. The van der Waals surface area contributed by atoms with Crippen molar-refractivity contribution in [2.45, 2.75) is 12.3 Å². The van der Waals surface area contributed by atoms with Gasteiger partial charge in [0.15, 0.2) is 5.37 Å². The summed E-state index contributed by atoms with van der Waals surface area (Å²) in [5, 5.41) is 10.6. The SMILES string of the molecule is C=C/C(=C\C=C/C)N1C(=O)S[C@H](Nc2ccc(C(=O)O)cc2)C1=O. The van der Waals surface area contributed by atoms with Crippen LogP contribution >= 0.6 is 11.8 Å². The monoisotopic (exact) mass is 344 g/mol. The Kier molecular flexibility index (Phi) is 5.59. The van der Waals surface area contributed by atoms with Crippen LogP contribution < -0.4 is 5.32 Å². The minimum absolute atomic E-state index is 0.145. The van der Waals surface area contributed by atoms with Gasteiger partial charge in [-0.2, -0.15) is 0 Å². The van der Waals surface area contributed by atoms with Gasteiger partial charge in [-0.25, -0.2) is 9.69 Å². The van der Waals surface area contributed by atoms with Crippen molar-refractivity contribution in [2.75, 3.05) is 5.32 Å². The number of carboxylic acid groups (broad SMARTS) is 1. The van der Waals surface area contributed by atoms with Crippen LogP contribution in [0.5, 0.6) is 0 Å². The van der Waals surface area contributed by atoms with Crippen LogP contribution in [0.4, 0.5) is 10.5 Å². The van der Waals surface area contributed by atoms with E-state index >= 15 is 0 Å². The number of nitrogens with one attached hydrogen (secondary N) is 1. The van der Waals surface area contributed by atoms with E-state index in [9.17, 15) is 14.4 Å². The molecule has 0 bridgehead atoms. The number of hydrogen-bond acceptors (Lipinski definition) is 5. The lowest BCUT2D eigenvalue weighted by molar-refractivity contribution is -0.124. The minimum Gasteiger partial charge on any atom is -0.478 e. The zero-order valence-corrected chi connectivity index (χ0v) is 13.7. The molecule has 7 heteroatoms. The Hall–Kier alpha value is -2.80. The largest absolute Gasteiger partial charge is 0.478 e. The van der Waals surface area contributed by atoms with Crippen molar-refractivity contribution in [3.63, 3.8) is 0 Å². The maximum absolute atomic E-state index is 12.5. The van der Waals surface area contributed by atoms with Crippen LogP contribution in [0.1, 0.15) is 17.3 Å². The van der Waals surface area contributed by atoms with E-state index in [0.717, 1.165) is 16.7 Å². The van der Waals surface area contributed by atoms with Crippen molar-refractivity contribution in [3.8, 4) is 0 Å². The Bertz CT molecular complexity index is 737. The lowest BCUT2D eigenvalue weighted by Crippen LogP contribution is -2.33. The summed E-state index contributed by atoms with van der Waals surface area (Å²) in [4.78, 5) is 36.5. The first-order chi connectivity index (χ1) is 11.5. The van der Waals surface area contributed by atoms with Crippen LogP contribution in [0.15, 0.2) is 60.8 Å². The van der Waals surface area contributed by atoms with Gasteiger partial charge in [0.1, 0.15) is 0 Å². The summed E-state index contributed by atoms with van der Waals surface area (Å²) in [7, 11) is 0. The molecule has 0 saturated carbocycles. The van der Waals surface area contributed by atoms with E-state index in [2.05, 4.69) is 11.9 Å². The zero-order chi connectivity index (χ0) is 17.7. The molecular weight excluding hydrogens is 328 g/mol. The number of carbonyl (C=O) groups excluding carboxylic acids is 2. The highest BCUT2D eigenvalue weighted by atomic mass is 32.2. The number of allylic oxidation sites excluding steroid dienone is 4. The number of anilines is 1. The maximum Gasteiger partial charge on any atom is 0.335 e. The van der Waals surface area contributed by atoms with Gasteiger partial charge < -0.3 is 10.4 Å². The molecule has 2 amide bonds. The Balaban J connectivity index is 2.16. The molecule has 24 heavy (non-hydrogen) atoms. The molecule has 0 aliphatic carbocycles. The molecule has 1 aliphatic rings. The third kappa shape index (κ3) is 3.75. The Morgan fingerprint density at radius 2 is 2.00 bits per heavy atom. The highest BCUT2D eigenvalue weighted by Crippen LogP contribution is 2.31. The zero-order valence-electron chi connectivity index (χ0n) is 12.9. The fraction of sp³-hybridized carbons (Fsp3) is 0.118.